The predicted molar refractivity (Wildman–Crippen MR) is 127 cm³/mol. The van der Waals surface area contributed by atoms with Gasteiger partial charge < -0.3 is 24.0 Å². The van der Waals surface area contributed by atoms with Crippen LogP contribution < -0.4 is 14.4 Å². The van der Waals surface area contributed by atoms with Crippen LogP contribution in [0.2, 0.25) is 0 Å². The Hall–Kier alpha value is -3.74. The van der Waals surface area contributed by atoms with Gasteiger partial charge in [-0.15, -0.1) is 0 Å². The van der Waals surface area contributed by atoms with Gasteiger partial charge in [0, 0.05) is 42.7 Å². The van der Waals surface area contributed by atoms with Crippen LogP contribution in [0.4, 0.5) is 32.0 Å². The Morgan fingerprint density at radius 3 is 2.44 bits per heavy atom. The lowest BCUT2D eigenvalue weighted by Crippen LogP contribution is -2.54. The van der Waals surface area contributed by atoms with Crippen LogP contribution in [0.5, 0.6) is 11.5 Å². The van der Waals surface area contributed by atoms with Gasteiger partial charge in [0.2, 0.25) is 5.91 Å². The number of halogens is 6. The van der Waals surface area contributed by atoms with Crippen molar-refractivity contribution in [1.82, 2.24) is 9.55 Å². The Morgan fingerprint density at radius 1 is 1.08 bits per heavy atom. The predicted octanol–water partition coefficient (Wildman–Crippen LogP) is 5.02. The summed E-state index contributed by atoms with van der Waals surface area (Å²) in [5, 5.41) is 9.91. The molecule has 0 aliphatic carbocycles. The maximum absolute atomic E-state index is 13.5. The molecule has 1 aromatic heterocycles. The number of fused-ring (bicyclic) bond motifs is 1. The summed E-state index contributed by atoms with van der Waals surface area (Å²) in [6, 6.07) is 8.90. The minimum absolute atomic E-state index is 0.00483. The highest BCUT2D eigenvalue weighted by Crippen LogP contribution is 2.50. The van der Waals surface area contributed by atoms with Crippen LogP contribution in [0.15, 0.2) is 61.2 Å². The zero-order valence-corrected chi connectivity index (χ0v) is 20.7. The number of imidazole rings is 1. The zero-order valence-electron chi connectivity index (χ0n) is 20.7. The molecule has 2 heterocycles. The molecule has 0 saturated carbocycles. The van der Waals surface area contributed by atoms with Gasteiger partial charge in [-0.05, 0) is 36.6 Å². The van der Waals surface area contributed by atoms with Crippen molar-refractivity contribution in [3.63, 3.8) is 0 Å². The summed E-state index contributed by atoms with van der Waals surface area (Å²) in [5.74, 6) is 0.516. The van der Waals surface area contributed by atoms with Gasteiger partial charge in [0.05, 0.1) is 20.0 Å². The van der Waals surface area contributed by atoms with Crippen molar-refractivity contribution in [2.45, 2.75) is 49.9 Å². The van der Waals surface area contributed by atoms with Crippen LogP contribution in [0.3, 0.4) is 0 Å². The van der Waals surface area contributed by atoms with Crippen LogP contribution in [0, 0.1) is 0 Å². The molecule has 7 nitrogen and oxygen atoms in total. The van der Waals surface area contributed by atoms with E-state index in [9.17, 15) is 36.2 Å². The van der Waals surface area contributed by atoms with Crippen molar-refractivity contribution in [2.24, 2.45) is 0 Å². The van der Waals surface area contributed by atoms with Crippen molar-refractivity contribution < 1.29 is 45.7 Å². The number of aromatic nitrogens is 2. The first-order valence-corrected chi connectivity index (χ1v) is 11.9. The lowest BCUT2D eigenvalue weighted by Gasteiger charge is -2.33. The monoisotopic (exact) mass is 557 g/mol. The molecule has 1 amide bonds. The average Bonchev–Trinajstić information content (AvgIpc) is 3.34. The molecule has 1 aliphatic rings. The number of carbonyl (C=O) groups is 1. The molecule has 2 aromatic carbocycles. The molecule has 210 valence electrons. The van der Waals surface area contributed by atoms with E-state index >= 15 is 0 Å². The lowest BCUT2D eigenvalue weighted by atomic mass is 9.89. The normalized spacial score (nSPS) is 16.4. The number of benzene rings is 2. The molecular weight excluding hydrogens is 532 g/mol. The Bertz CT molecular complexity index is 1280. The van der Waals surface area contributed by atoms with E-state index < -0.39 is 35.5 Å². The molecule has 0 saturated heterocycles. The highest BCUT2D eigenvalue weighted by Gasteiger charge is 2.71. The number of carbonyl (C=O) groups excluding carboxylic acids is 1. The lowest BCUT2D eigenvalue weighted by molar-refractivity contribution is -0.376. The number of ether oxygens (including phenoxy) is 2. The number of hydrogen-bond acceptors (Lipinski definition) is 5. The van der Waals surface area contributed by atoms with Crippen molar-refractivity contribution >= 4 is 11.6 Å². The van der Waals surface area contributed by atoms with E-state index in [-0.39, 0.29) is 43.6 Å². The van der Waals surface area contributed by atoms with E-state index in [0.717, 1.165) is 6.07 Å². The third-order valence-electron chi connectivity index (χ3n) is 6.52. The van der Waals surface area contributed by atoms with E-state index in [2.05, 4.69) is 4.98 Å². The van der Waals surface area contributed by atoms with E-state index in [1.54, 1.807) is 35.0 Å². The molecule has 0 bridgehead atoms. The van der Waals surface area contributed by atoms with E-state index in [1.807, 2.05) is 0 Å². The van der Waals surface area contributed by atoms with Crippen molar-refractivity contribution in [1.29, 1.82) is 0 Å². The van der Waals surface area contributed by atoms with E-state index in [0.29, 0.717) is 23.6 Å². The van der Waals surface area contributed by atoms with Crippen LogP contribution >= 0.6 is 0 Å². The van der Waals surface area contributed by atoms with Gasteiger partial charge >= 0.3 is 12.4 Å². The fraction of sp³-hybridized carbons (Fsp3) is 0.385. The third-order valence-corrected chi connectivity index (χ3v) is 6.52. The first kappa shape index (κ1) is 28.3. The minimum Gasteiger partial charge on any atom is -0.497 e. The summed E-state index contributed by atoms with van der Waals surface area (Å²) in [5.41, 5.74) is -6.25. The molecule has 0 fully saturated rings. The molecule has 1 aliphatic heterocycles. The van der Waals surface area contributed by atoms with Crippen LogP contribution in [-0.4, -0.2) is 52.7 Å². The summed E-state index contributed by atoms with van der Waals surface area (Å²) < 4.78 is 94.1. The molecule has 0 spiro atoms. The number of nitrogens with zero attached hydrogens (tertiary/aromatic N) is 3. The number of amides is 1. The summed E-state index contributed by atoms with van der Waals surface area (Å²) in [7, 11) is 1.47. The minimum atomic E-state index is -6.03. The second-order valence-electron chi connectivity index (χ2n) is 9.06. The number of rotatable bonds is 7. The van der Waals surface area contributed by atoms with Gasteiger partial charge in [-0.1, -0.05) is 18.2 Å². The fourth-order valence-electron chi connectivity index (χ4n) is 4.45. The van der Waals surface area contributed by atoms with Crippen LogP contribution in [0.1, 0.15) is 24.0 Å². The summed E-state index contributed by atoms with van der Waals surface area (Å²) >= 11 is 0. The molecule has 0 radical (unpaired) electrons. The third kappa shape index (κ3) is 5.82. The van der Waals surface area contributed by atoms with E-state index in [1.165, 1.54) is 24.5 Å². The maximum atomic E-state index is 13.5. The molecule has 1 unspecified atom stereocenters. The zero-order chi connectivity index (χ0) is 28.4. The van der Waals surface area contributed by atoms with Gasteiger partial charge in [0.15, 0.2) is 0 Å². The largest absolute Gasteiger partial charge is 0.497 e. The molecule has 39 heavy (non-hydrogen) atoms. The van der Waals surface area contributed by atoms with Gasteiger partial charge in [-0.25, -0.2) is 4.98 Å². The first-order valence-electron chi connectivity index (χ1n) is 11.9. The molecule has 4 rings (SSSR count). The van der Waals surface area contributed by atoms with Gasteiger partial charge in [0.1, 0.15) is 17.6 Å². The molecule has 1 N–H and O–H groups in total. The number of alkyl halides is 6. The molecule has 13 heteroatoms. The second-order valence-corrected chi connectivity index (χ2v) is 9.06. The SMILES string of the molecule is COc1cccc(OC2CCc3cc(C(O)(C(F)(F)F)C(F)(F)F)ccc3N(C(=O)CCn3ccnc3)C2)c1. The maximum Gasteiger partial charge on any atom is 0.430 e. The van der Waals surface area contributed by atoms with Crippen LogP contribution in [-0.2, 0) is 23.4 Å². The Morgan fingerprint density at radius 2 is 1.79 bits per heavy atom. The number of aliphatic hydroxyl groups is 1. The Labute approximate surface area is 219 Å². The van der Waals surface area contributed by atoms with E-state index in [4.69, 9.17) is 9.47 Å². The Balaban J connectivity index is 1.69. The summed E-state index contributed by atoms with van der Waals surface area (Å²) in [4.78, 5) is 18.5. The number of aryl methyl sites for hydroxylation is 2. The fourth-order valence-corrected chi connectivity index (χ4v) is 4.45. The summed E-state index contributed by atoms with van der Waals surface area (Å²) in [6.07, 6.45) is -7.84. The van der Waals surface area contributed by atoms with Gasteiger partial charge in [-0.3, -0.25) is 4.79 Å². The highest BCUT2D eigenvalue weighted by atomic mass is 19.4. The number of anilines is 1. The second kappa shape index (κ2) is 10.8. The number of methoxy groups -OCH3 is 1. The van der Waals surface area contributed by atoms with Crippen molar-refractivity contribution in [3.05, 3.63) is 72.3 Å². The highest BCUT2D eigenvalue weighted by molar-refractivity contribution is 5.94. The quantitative estimate of drug-likeness (QED) is 0.413. The first-order chi connectivity index (χ1) is 18.3. The van der Waals surface area contributed by atoms with Gasteiger partial charge in [0.25, 0.3) is 5.60 Å². The average molecular weight is 557 g/mol. The topological polar surface area (TPSA) is 76.8 Å². The van der Waals surface area contributed by atoms with Crippen LogP contribution in [0.25, 0.3) is 0 Å². The molecular formula is C26H25F6N3O4. The molecule has 1 atom stereocenters. The standard InChI is InChI=1S/C26H25F6N3O4/c1-38-19-3-2-4-20(14-19)39-21-7-5-17-13-18(24(37,25(27,28)29)26(30,31)32)6-8-22(17)35(15-21)23(36)9-11-34-12-10-33-16-34/h2-4,6,8,10,12-14,16,21,37H,5,7,9,11,15H2,1H3. The summed E-state index contributed by atoms with van der Waals surface area (Å²) in [6.45, 7) is 0.251. The molecule has 3 aromatic rings. The van der Waals surface area contributed by atoms with Crippen molar-refractivity contribution in [2.75, 3.05) is 18.6 Å². The van der Waals surface area contributed by atoms with Crippen molar-refractivity contribution in [3.8, 4) is 11.5 Å². The van der Waals surface area contributed by atoms with Gasteiger partial charge in [-0.2, -0.15) is 26.3 Å². The number of hydrogen-bond donors (Lipinski definition) is 1. The Kier molecular flexibility index (Phi) is 7.82. The smallest absolute Gasteiger partial charge is 0.430 e.